The van der Waals surface area contributed by atoms with Gasteiger partial charge in [0.05, 0.1) is 35.5 Å². The molecule has 12 heteroatoms. The predicted octanol–water partition coefficient (Wildman–Crippen LogP) is 1.35. The van der Waals surface area contributed by atoms with Crippen LogP contribution in [0.15, 0.2) is 46.5 Å². The number of hydrogen-bond donors (Lipinski definition) is 3. The van der Waals surface area contributed by atoms with Gasteiger partial charge in [-0.25, -0.2) is 14.6 Å². The van der Waals surface area contributed by atoms with Crippen LogP contribution in [0.3, 0.4) is 0 Å². The van der Waals surface area contributed by atoms with Crippen molar-refractivity contribution in [3.05, 3.63) is 63.9 Å². The van der Waals surface area contributed by atoms with Gasteiger partial charge in [-0.1, -0.05) is 0 Å². The highest BCUT2D eigenvalue weighted by molar-refractivity contribution is 5.62. The quantitative estimate of drug-likeness (QED) is 0.453. The minimum atomic E-state index is -0.624. The molecular weight excluding hydrogens is 354 g/mol. The maximum atomic E-state index is 10.8. The van der Waals surface area contributed by atoms with E-state index in [1.54, 1.807) is 31.6 Å². The zero-order valence-corrected chi connectivity index (χ0v) is 13.9. The van der Waals surface area contributed by atoms with Gasteiger partial charge in [-0.15, -0.1) is 10.2 Å². The largest absolute Gasteiger partial charge is 0.433 e. The molecule has 136 valence electrons. The zero-order chi connectivity index (χ0) is 19.0. The number of nitrogens with zero attached hydrogens (tertiary/aromatic N) is 6. The van der Waals surface area contributed by atoms with Crippen molar-refractivity contribution in [1.82, 2.24) is 24.8 Å². The summed E-state index contributed by atoms with van der Waals surface area (Å²) in [6, 6.07) is 2.70. The summed E-state index contributed by atoms with van der Waals surface area (Å²) in [6.45, 7) is 1.79. The average Bonchev–Trinajstić information content (AvgIpc) is 3.27. The van der Waals surface area contributed by atoms with E-state index in [0.29, 0.717) is 28.7 Å². The van der Waals surface area contributed by atoms with E-state index < -0.39 is 4.92 Å². The summed E-state index contributed by atoms with van der Waals surface area (Å²) in [5, 5.41) is 21.8. The van der Waals surface area contributed by atoms with Gasteiger partial charge in [0.15, 0.2) is 11.6 Å². The maximum Gasteiger partial charge on any atom is 0.433 e. The van der Waals surface area contributed by atoms with E-state index in [0.717, 1.165) is 0 Å². The highest BCUT2D eigenvalue weighted by Crippen LogP contribution is 2.27. The number of fused-ring (bicyclic) bond motifs is 1. The van der Waals surface area contributed by atoms with E-state index >= 15 is 0 Å². The number of nitro groups is 1. The number of nitrogens with two attached hydrogens (primary N) is 1. The molecule has 0 aromatic carbocycles. The number of nitrogens with one attached hydrogen (secondary N) is 2. The molecule has 3 aromatic rings. The number of aromatic nitrogens is 5. The van der Waals surface area contributed by atoms with E-state index in [1.165, 1.54) is 16.8 Å². The van der Waals surface area contributed by atoms with Crippen molar-refractivity contribution in [2.75, 3.05) is 10.7 Å². The van der Waals surface area contributed by atoms with Crippen molar-refractivity contribution >= 4 is 17.6 Å². The second-order valence-corrected chi connectivity index (χ2v) is 5.54. The molecule has 0 aliphatic carbocycles. The van der Waals surface area contributed by atoms with Gasteiger partial charge in [0.25, 0.3) is 0 Å². The fourth-order valence-corrected chi connectivity index (χ4v) is 2.35. The maximum absolute atomic E-state index is 10.8. The molecule has 0 amide bonds. The molecule has 3 aromatic heterocycles. The first-order valence-corrected chi connectivity index (χ1v) is 7.71. The van der Waals surface area contributed by atoms with Gasteiger partial charge in [0, 0.05) is 12.3 Å². The monoisotopic (exact) mass is 367 g/mol. The Balaban J connectivity index is 1.62. The molecule has 4 heterocycles. The second-order valence-electron chi connectivity index (χ2n) is 5.54. The van der Waals surface area contributed by atoms with Crippen molar-refractivity contribution in [3.8, 4) is 11.6 Å². The molecule has 0 saturated heterocycles. The van der Waals surface area contributed by atoms with Crippen molar-refractivity contribution in [1.29, 1.82) is 0 Å². The molecule has 0 saturated carbocycles. The molecule has 27 heavy (non-hydrogen) atoms. The Kier molecular flexibility index (Phi) is 3.77. The van der Waals surface area contributed by atoms with Gasteiger partial charge in [0.2, 0.25) is 5.82 Å². The first-order valence-electron chi connectivity index (χ1n) is 7.71. The summed E-state index contributed by atoms with van der Waals surface area (Å²) in [4.78, 5) is 18.4. The summed E-state index contributed by atoms with van der Waals surface area (Å²) >= 11 is 0. The van der Waals surface area contributed by atoms with Crippen molar-refractivity contribution in [3.63, 3.8) is 0 Å². The lowest BCUT2D eigenvalue weighted by Crippen LogP contribution is -2.25. The minimum absolute atomic E-state index is 0.195. The van der Waals surface area contributed by atoms with Gasteiger partial charge in [-0.3, -0.25) is 15.5 Å². The molecular formula is C15H13N9O3. The van der Waals surface area contributed by atoms with E-state index in [9.17, 15) is 10.1 Å². The molecule has 0 radical (unpaired) electrons. The van der Waals surface area contributed by atoms with Gasteiger partial charge >= 0.3 is 5.88 Å². The SMILES string of the molecule is Cc1ncc(NC=C2Nn3c(nnc3-c3ccc([N+](=O)[O-])o3)C=C2N)cn1. The lowest BCUT2D eigenvalue weighted by Gasteiger charge is -2.19. The van der Waals surface area contributed by atoms with Crippen LogP contribution in [0.5, 0.6) is 0 Å². The fraction of sp³-hybridized carbons (Fsp3) is 0.0667. The Morgan fingerprint density at radius 3 is 2.81 bits per heavy atom. The molecule has 0 unspecified atom stereocenters. The molecule has 0 bridgehead atoms. The zero-order valence-electron chi connectivity index (χ0n) is 13.9. The molecule has 4 rings (SSSR count). The number of aryl methyl sites for hydroxylation is 1. The summed E-state index contributed by atoms with van der Waals surface area (Å²) in [7, 11) is 0. The van der Waals surface area contributed by atoms with Gasteiger partial charge in [-0.05, 0) is 13.0 Å². The third kappa shape index (κ3) is 3.06. The van der Waals surface area contributed by atoms with Crippen molar-refractivity contribution in [2.24, 2.45) is 5.73 Å². The van der Waals surface area contributed by atoms with Crippen molar-refractivity contribution in [2.45, 2.75) is 6.92 Å². The van der Waals surface area contributed by atoms with Crippen molar-refractivity contribution < 1.29 is 9.34 Å². The number of furan rings is 1. The van der Waals surface area contributed by atoms with E-state index in [1.807, 2.05) is 0 Å². The Bertz CT molecular complexity index is 1080. The Hall–Kier alpha value is -4.22. The average molecular weight is 367 g/mol. The van der Waals surface area contributed by atoms with Crippen LogP contribution >= 0.6 is 0 Å². The third-order valence-electron chi connectivity index (χ3n) is 3.67. The molecule has 0 spiro atoms. The lowest BCUT2D eigenvalue weighted by atomic mass is 10.3. The summed E-state index contributed by atoms with van der Waals surface area (Å²) < 4.78 is 6.70. The van der Waals surface area contributed by atoms with Gasteiger partial charge in [0.1, 0.15) is 10.7 Å². The van der Waals surface area contributed by atoms with Crippen LogP contribution in [0.1, 0.15) is 11.6 Å². The number of hydrogen-bond acceptors (Lipinski definition) is 10. The summed E-state index contributed by atoms with van der Waals surface area (Å²) in [5.74, 6) is 1.17. The Morgan fingerprint density at radius 1 is 1.33 bits per heavy atom. The fourth-order valence-electron chi connectivity index (χ4n) is 2.35. The van der Waals surface area contributed by atoms with E-state index in [4.69, 9.17) is 10.2 Å². The van der Waals surface area contributed by atoms with Crippen LogP contribution in [-0.4, -0.2) is 29.8 Å². The van der Waals surface area contributed by atoms with Gasteiger partial charge < -0.3 is 15.5 Å². The minimum Gasteiger partial charge on any atom is -0.397 e. The molecule has 1 aliphatic rings. The highest BCUT2D eigenvalue weighted by Gasteiger charge is 2.23. The summed E-state index contributed by atoms with van der Waals surface area (Å²) in [6.07, 6.45) is 6.53. The number of anilines is 1. The van der Waals surface area contributed by atoms with E-state index in [-0.39, 0.29) is 17.5 Å². The molecule has 4 N–H and O–H groups in total. The van der Waals surface area contributed by atoms with E-state index in [2.05, 4.69) is 30.9 Å². The van der Waals surface area contributed by atoms with Crippen LogP contribution in [0.2, 0.25) is 0 Å². The Morgan fingerprint density at radius 2 is 2.11 bits per heavy atom. The molecule has 0 fully saturated rings. The third-order valence-corrected chi connectivity index (χ3v) is 3.67. The smallest absolute Gasteiger partial charge is 0.397 e. The highest BCUT2D eigenvalue weighted by atomic mass is 16.6. The molecule has 1 aliphatic heterocycles. The van der Waals surface area contributed by atoms with Crippen LogP contribution < -0.4 is 16.5 Å². The predicted molar refractivity (Wildman–Crippen MR) is 94.4 cm³/mol. The topological polar surface area (TPSA) is 163 Å². The first-order chi connectivity index (χ1) is 13.0. The molecule has 12 nitrogen and oxygen atoms in total. The van der Waals surface area contributed by atoms with Crippen LogP contribution in [-0.2, 0) is 0 Å². The van der Waals surface area contributed by atoms with Crippen LogP contribution in [0.4, 0.5) is 11.6 Å². The Labute approximate surface area is 151 Å². The second kappa shape index (κ2) is 6.25. The molecule has 0 atom stereocenters. The normalized spacial score (nSPS) is 14.4. The summed E-state index contributed by atoms with van der Waals surface area (Å²) in [5.41, 5.74) is 10.7. The lowest BCUT2D eigenvalue weighted by molar-refractivity contribution is -0.401. The van der Waals surface area contributed by atoms with Crippen LogP contribution in [0.25, 0.3) is 17.7 Å². The number of rotatable bonds is 4. The van der Waals surface area contributed by atoms with Crippen LogP contribution in [0, 0.1) is 17.0 Å². The van der Waals surface area contributed by atoms with Gasteiger partial charge in [-0.2, -0.15) is 0 Å². The standard InChI is InChI=1S/C15H13N9O3/c1-8-17-5-9(6-18-8)19-7-11-10(16)4-13-20-21-15(23(13)22-11)12-2-3-14(27-12)24(25)26/h2-7,19,22H,16H2,1H3. The first kappa shape index (κ1) is 16.3.